The molecule has 0 saturated carbocycles. The van der Waals surface area contributed by atoms with Crippen LogP contribution >= 0.6 is 0 Å². The number of hydrogen-bond acceptors (Lipinski definition) is 4. The van der Waals surface area contributed by atoms with Gasteiger partial charge in [-0.05, 0) is 55.7 Å². The first-order chi connectivity index (χ1) is 14.0. The quantitative estimate of drug-likeness (QED) is 0.619. The smallest absolute Gasteiger partial charge is 0.259 e. The third-order valence-corrected chi connectivity index (χ3v) is 6.87. The average Bonchev–Trinajstić information content (AvgIpc) is 3.28. The Morgan fingerprint density at radius 1 is 1.03 bits per heavy atom. The summed E-state index contributed by atoms with van der Waals surface area (Å²) in [5.74, 6) is 0.264. The minimum atomic E-state index is -3.46. The fourth-order valence-corrected chi connectivity index (χ4v) is 4.82. The van der Waals surface area contributed by atoms with E-state index in [0.29, 0.717) is 36.7 Å². The van der Waals surface area contributed by atoms with Crippen molar-refractivity contribution in [1.29, 1.82) is 0 Å². The summed E-state index contributed by atoms with van der Waals surface area (Å²) in [6, 6.07) is 13.4. The second-order valence-corrected chi connectivity index (χ2v) is 9.08. The molecule has 0 aromatic heterocycles. The van der Waals surface area contributed by atoms with Crippen molar-refractivity contribution in [2.75, 3.05) is 25.0 Å². The summed E-state index contributed by atoms with van der Waals surface area (Å²) in [7, 11) is -3.46. The van der Waals surface area contributed by atoms with Crippen LogP contribution in [0.25, 0.3) is 0 Å². The molecular weight excluding hydrogens is 388 g/mol. The molecule has 6 nitrogen and oxygen atoms in total. The predicted octanol–water partition coefficient (Wildman–Crippen LogP) is 4.29. The average molecular weight is 417 g/mol. The molecule has 0 radical (unpaired) electrons. The Labute approximate surface area is 172 Å². The molecule has 156 valence electrons. The first-order valence-corrected chi connectivity index (χ1v) is 11.6. The van der Waals surface area contributed by atoms with Crippen molar-refractivity contribution in [3.63, 3.8) is 0 Å². The Kier molecular flexibility index (Phi) is 7.28. The largest absolute Gasteiger partial charge is 0.493 e. The van der Waals surface area contributed by atoms with Crippen molar-refractivity contribution in [1.82, 2.24) is 4.31 Å². The first kappa shape index (κ1) is 21.3. The number of carbonyl (C=O) groups is 1. The third kappa shape index (κ3) is 5.36. The maximum absolute atomic E-state index is 12.7. The molecule has 1 fully saturated rings. The monoisotopic (exact) mass is 416 g/mol. The molecule has 3 rings (SSSR count). The second-order valence-electron chi connectivity index (χ2n) is 7.14. The number of ether oxygens (including phenoxy) is 1. The minimum Gasteiger partial charge on any atom is -0.493 e. The number of benzene rings is 2. The highest BCUT2D eigenvalue weighted by Gasteiger charge is 2.27. The van der Waals surface area contributed by atoms with Crippen LogP contribution in [0.1, 0.15) is 49.4 Å². The van der Waals surface area contributed by atoms with Gasteiger partial charge in [-0.25, -0.2) is 8.42 Å². The summed E-state index contributed by atoms with van der Waals surface area (Å²) in [5, 5.41) is 2.82. The van der Waals surface area contributed by atoms with Crippen LogP contribution in [0.5, 0.6) is 5.75 Å². The van der Waals surface area contributed by atoms with E-state index in [1.54, 1.807) is 30.3 Å². The summed E-state index contributed by atoms with van der Waals surface area (Å²) < 4.78 is 32.5. The minimum absolute atomic E-state index is 0.247. The van der Waals surface area contributed by atoms with Crippen molar-refractivity contribution in [2.24, 2.45) is 0 Å². The molecule has 2 aromatic rings. The van der Waals surface area contributed by atoms with Gasteiger partial charge in [0, 0.05) is 18.8 Å². The van der Waals surface area contributed by atoms with Gasteiger partial charge in [0.05, 0.1) is 17.1 Å². The highest BCUT2D eigenvalue weighted by molar-refractivity contribution is 7.89. The number of amides is 1. The van der Waals surface area contributed by atoms with Gasteiger partial charge in [-0.3, -0.25) is 4.79 Å². The number of rotatable bonds is 9. The molecule has 0 aliphatic carbocycles. The van der Waals surface area contributed by atoms with E-state index in [2.05, 4.69) is 12.2 Å². The molecule has 0 atom stereocenters. The molecule has 29 heavy (non-hydrogen) atoms. The Balaban J connectivity index is 1.67. The van der Waals surface area contributed by atoms with Crippen LogP contribution < -0.4 is 10.1 Å². The molecule has 1 aliphatic heterocycles. The Morgan fingerprint density at radius 2 is 1.72 bits per heavy atom. The van der Waals surface area contributed by atoms with Crippen LogP contribution in [0, 0.1) is 0 Å². The molecule has 1 N–H and O–H groups in total. The number of anilines is 1. The predicted molar refractivity (Wildman–Crippen MR) is 114 cm³/mol. The van der Waals surface area contributed by atoms with E-state index >= 15 is 0 Å². The number of sulfonamides is 1. The summed E-state index contributed by atoms with van der Waals surface area (Å²) in [6.45, 7) is 3.83. The zero-order chi connectivity index (χ0) is 20.7. The van der Waals surface area contributed by atoms with E-state index in [-0.39, 0.29) is 10.8 Å². The van der Waals surface area contributed by atoms with Gasteiger partial charge in [0.25, 0.3) is 5.91 Å². The Bertz CT molecular complexity index is 920. The van der Waals surface area contributed by atoms with Crippen LogP contribution in [-0.2, 0) is 10.0 Å². The lowest BCUT2D eigenvalue weighted by Crippen LogP contribution is -2.27. The van der Waals surface area contributed by atoms with E-state index < -0.39 is 10.0 Å². The van der Waals surface area contributed by atoms with Gasteiger partial charge in [-0.15, -0.1) is 0 Å². The van der Waals surface area contributed by atoms with Gasteiger partial charge < -0.3 is 10.1 Å². The van der Waals surface area contributed by atoms with Gasteiger partial charge in [0.2, 0.25) is 10.0 Å². The van der Waals surface area contributed by atoms with Gasteiger partial charge in [0.15, 0.2) is 0 Å². The lowest BCUT2D eigenvalue weighted by molar-refractivity contribution is 0.102. The highest BCUT2D eigenvalue weighted by atomic mass is 32.2. The van der Waals surface area contributed by atoms with Gasteiger partial charge in [-0.2, -0.15) is 4.31 Å². The zero-order valence-electron chi connectivity index (χ0n) is 16.8. The Morgan fingerprint density at radius 3 is 2.41 bits per heavy atom. The standard InChI is InChI=1S/C22H28N2O4S/c1-2-3-8-17-28-21-10-5-4-9-20(21)22(25)23-18-11-13-19(14-12-18)29(26,27)24-15-6-7-16-24/h4-5,9-14H,2-3,6-8,15-17H2,1H3,(H,23,25). The first-order valence-electron chi connectivity index (χ1n) is 10.2. The molecule has 1 amide bonds. The van der Waals surface area contributed by atoms with Gasteiger partial charge in [-0.1, -0.05) is 31.9 Å². The van der Waals surface area contributed by atoms with Crippen molar-refractivity contribution in [3.8, 4) is 5.75 Å². The van der Waals surface area contributed by atoms with E-state index in [4.69, 9.17) is 4.74 Å². The lowest BCUT2D eigenvalue weighted by Gasteiger charge is -2.16. The molecule has 0 spiro atoms. The van der Waals surface area contributed by atoms with E-state index in [9.17, 15) is 13.2 Å². The number of para-hydroxylation sites is 1. The second kappa shape index (κ2) is 9.89. The summed E-state index contributed by atoms with van der Waals surface area (Å²) in [6.07, 6.45) is 4.93. The highest BCUT2D eigenvalue weighted by Crippen LogP contribution is 2.24. The van der Waals surface area contributed by atoms with Crippen LogP contribution in [0.2, 0.25) is 0 Å². The number of hydrogen-bond donors (Lipinski definition) is 1. The summed E-state index contributed by atoms with van der Waals surface area (Å²) in [4.78, 5) is 12.9. The molecule has 1 aliphatic rings. The lowest BCUT2D eigenvalue weighted by atomic mass is 10.2. The summed E-state index contributed by atoms with van der Waals surface area (Å²) in [5.41, 5.74) is 0.994. The van der Waals surface area contributed by atoms with Crippen LogP contribution in [0.15, 0.2) is 53.4 Å². The Hall–Kier alpha value is -2.38. The van der Waals surface area contributed by atoms with Crippen LogP contribution in [-0.4, -0.2) is 38.3 Å². The van der Waals surface area contributed by atoms with Crippen molar-refractivity contribution >= 4 is 21.6 Å². The molecule has 0 unspecified atom stereocenters. The molecule has 1 saturated heterocycles. The van der Waals surface area contributed by atoms with Gasteiger partial charge in [0.1, 0.15) is 5.75 Å². The van der Waals surface area contributed by atoms with Crippen molar-refractivity contribution in [3.05, 3.63) is 54.1 Å². The fourth-order valence-electron chi connectivity index (χ4n) is 3.30. The van der Waals surface area contributed by atoms with E-state index in [1.165, 1.54) is 16.4 Å². The SMILES string of the molecule is CCCCCOc1ccccc1C(=O)Nc1ccc(S(=O)(=O)N2CCCC2)cc1. The fraction of sp³-hybridized carbons (Fsp3) is 0.409. The molecule has 0 bridgehead atoms. The van der Waals surface area contributed by atoms with Gasteiger partial charge >= 0.3 is 0 Å². The number of nitrogens with zero attached hydrogens (tertiary/aromatic N) is 1. The summed E-state index contributed by atoms with van der Waals surface area (Å²) >= 11 is 0. The zero-order valence-corrected chi connectivity index (χ0v) is 17.6. The molecular formula is C22H28N2O4S. The van der Waals surface area contributed by atoms with Crippen LogP contribution in [0.4, 0.5) is 5.69 Å². The van der Waals surface area contributed by atoms with Crippen molar-refractivity contribution in [2.45, 2.75) is 43.9 Å². The normalized spacial score (nSPS) is 14.7. The molecule has 1 heterocycles. The number of carbonyl (C=O) groups excluding carboxylic acids is 1. The molecule has 2 aromatic carbocycles. The van der Waals surface area contributed by atoms with E-state index in [1.807, 2.05) is 6.07 Å². The number of unbranched alkanes of at least 4 members (excludes halogenated alkanes) is 2. The third-order valence-electron chi connectivity index (χ3n) is 4.95. The maximum atomic E-state index is 12.7. The topological polar surface area (TPSA) is 75.7 Å². The van der Waals surface area contributed by atoms with E-state index in [0.717, 1.165) is 32.1 Å². The van der Waals surface area contributed by atoms with Crippen molar-refractivity contribution < 1.29 is 17.9 Å². The van der Waals surface area contributed by atoms with Crippen LogP contribution in [0.3, 0.4) is 0 Å². The molecule has 7 heteroatoms. The maximum Gasteiger partial charge on any atom is 0.259 e. The number of nitrogens with one attached hydrogen (secondary N) is 1.